The van der Waals surface area contributed by atoms with Crippen molar-refractivity contribution < 1.29 is 0 Å². The molecule has 0 atom stereocenters. The minimum Gasteiger partial charge on any atom is -0.276 e. The van der Waals surface area contributed by atoms with E-state index in [1.54, 1.807) is 12.4 Å². The van der Waals surface area contributed by atoms with Gasteiger partial charge in [0.1, 0.15) is 5.70 Å². The Kier molecular flexibility index (Phi) is 1.08. The maximum atomic E-state index is 3.97. The number of hydrogen-bond acceptors (Lipinski definition) is 5. The number of aromatic nitrogens is 2. The number of nitrogens with one attached hydrogen (secondary N) is 1. The van der Waals surface area contributed by atoms with E-state index in [0.29, 0.717) is 5.84 Å². The van der Waals surface area contributed by atoms with Gasteiger partial charge in [0.2, 0.25) is 5.84 Å². The van der Waals surface area contributed by atoms with Crippen molar-refractivity contribution in [1.82, 2.24) is 10.2 Å². The lowest BCUT2D eigenvalue weighted by atomic mass is 10.2. The molecule has 0 unspecified atom stereocenters. The van der Waals surface area contributed by atoms with Crippen molar-refractivity contribution >= 4 is 17.7 Å². The van der Waals surface area contributed by atoms with E-state index in [4.69, 9.17) is 0 Å². The molecule has 0 aromatic carbocycles. The highest BCUT2D eigenvalue weighted by molar-refractivity contribution is 6.24. The highest BCUT2D eigenvalue weighted by atomic mass is 15.3. The molecule has 0 aliphatic carbocycles. The number of rotatable bonds is 1. The summed E-state index contributed by atoms with van der Waals surface area (Å²) in [4.78, 5) is 0. The lowest BCUT2D eigenvalue weighted by molar-refractivity contribution is 1.07. The normalized spacial score (nSPS) is 18.3. The molecule has 2 aliphatic heterocycles. The molecule has 0 saturated heterocycles. The monoisotopic (exact) mass is 172 g/mol. The molecule has 0 spiro atoms. The Labute approximate surface area is 72.8 Å². The predicted octanol–water partition coefficient (Wildman–Crippen LogP) is 0.984. The van der Waals surface area contributed by atoms with Gasteiger partial charge in [-0.15, -0.1) is 15.3 Å². The zero-order valence-corrected chi connectivity index (χ0v) is 6.47. The van der Waals surface area contributed by atoms with Crippen LogP contribution in [-0.4, -0.2) is 22.2 Å². The molecule has 62 valence electrons. The number of nitrogens with zero attached hydrogens (tertiary/aromatic N) is 5. The summed E-state index contributed by atoms with van der Waals surface area (Å²) in [5.41, 5.74) is 2.43. The number of H-pyrrole nitrogens is 1. The smallest absolute Gasteiger partial charge is 0.207 e. The molecular formula is C7H4N6. The molecule has 3 heterocycles. The van der Waals surface area contributed by atoms with Gasteiger partial charge < -0.3 is 0 Å². The number of amidine groups is 1. The van der Waals surface area contributed by atoms with Gasteiger partial charge in [-0.1, -0.05) is 0 Å². The molecule has 1 aromatic heterocycles. The van der Waals surface area contributed by atoms with Crippen molar-refractivity contribution in [3.05, 3.63) is 23.5 Å². The second kappa shape index (κ2) is 2.19. The first kappa shape index (κ1) is 6.41. The molecule has 0 fully saturated rings. The van der Waals surface area contributed by atoms with E-state index in [1.807, 2.05) is 6.07 Å². The zero-order valence-electron chi connectivity index (χ0n) is 6.47. The predicted molar refractivity (Wildman–Crippen MR) is 46.3 cm³/mol. The van der Waals surface area contributed by atoms with Gasteiger partial charge in [-0.05, 0) is 6.07 Å². The van der Waals surface area contributed by atoms with Gasteiger partial charge >= 0.3 is 0 Å². The minimum atomic E-state index is 0.574. The summed E-state index contributed by atoms with van der Waals surface area (Å²) < 4.78 is 0. The minimum absolute atomic E-state index is 0.574. The first-order valence-corrected chi connectivity index (χ1v) is 3.72. The summed E-state index contributed by atoms with van der Waals surface area (Å²) in [5.74, 6) is 0.574. The van der Waals surface area contributed by atoms with Crippen LogP contribution in [0.5, 0.6) is 0 Å². The summed E-state index contributed by atoms with van der Waals surface area (Å²) in [5, 5.41) is 22.0. The lowest BCUT2D eigenvalue weighted by Crippen LogP contribution is -1.93. The molecule has 2 aliphatic rings. The molecule has 1 N–H and O–H groups in total. The Bertz CT molecular complexity index is 461. The van der Waals surface area contributed by atoms with Crippen LogP contribution in [0.3, 0.4) is 0 Å². The fourth-order valence-electron chi connectivity index (χ4n) is 1.23. The molecule has 1 aromatic rings. The van der Waals surface area contributed by atoms with Crippen molar-refractivity contribution in [1.29, 1.82) is 0 Å². The molecule has 0 amide bonds. The highest BCUT2D eigenvalue weighted by Gasteiger charge is 2.22. The van der Waals surface area contributed by atoms with Crippen molar-refractivity contribution in [2.24, 2.45) is 20.4 Å². The Morgan fingerprint density at radius 3 is 3.08 bits per heavy atom. The van der Waals surface area contributed by atoms with Crippen LogP contribution in [0, 0.1) is 0 Å². The third-order valence-corrected chi connectivity index (χ3v) is 1.84. The first-order chi connectivity index (χ1) is 6.45. The van der Waals surface area contributed by atoms with E-state index in [9.17, 15) is 0 Å². The zero-order chi connectivity index (χ0) is 8.67. The van der Waals surface area contributed by atoms with Gasteiger partial charge in [0, 0.05) is 6.20 Å². The van der Waals surface area contributed by atoms with Gasteiger partial charge in [0.05, 0.1) is 17.5 Å². The lowest BCUT2D eigenvalue weighted by Gasteiger charge is -1.91. The Hall–Kier alpha value is -2.11. The van der Waals surface area contributed by atoms with E-state index < -0.39 is 0 Å². The molecule has 13 heavy (non-hydrogen) atoms. The molecule has 6 heteroatoms. The van der Waals surface area contributed by atoms with Crippen molar-refractivity contribution in [2.75, 3.05) is 0 Å². The van der Waals surface area contributed by atoms with E-state index >= 15 is 0 Å². The van der Waals surface area contributed by atoms with E-state index in [1.165, 1.54) is 0 Å². The van der Waals surface area contributed by atoms with Gasteiger partial charge in [0.25, 0.3) is 0 Å². The fraction of sp³-hybridized carbons (Fsp3) is 0. The van der Waals surface area contributed by atoms with Crippen LogP contribution >= 0.6 is 0 Å². The Morgan fingerprint density at radius 2 is 2.23 bits per heavy atom. The van der Waals surface area contributed by atoms with Gasteiger partial charge in [-0.3, -0.25) is 5.10 Å². The maximum Gasteiger partial charge on any atom is 0.207 e. The van der Waals surface area contributed by atoms with E-state index in [2.05, 4.69) is 30.6 Å². The molecule has 0 radical (unpaired) electrons. The average Bonchev–Trinajstić information content (AvgIpc) is 2.79. The molecule has 3 rings (SSSR count). The van der Waals surface area contributed by atoms with Crippen molar-refractivity contribution in [2.45, 2.75) is 0 Å². The summed E-state index contributed by atoms with van der Waals surface area (Å²) in [6.45, 7) is 0. The van der Waals surface area contributed by atoms with Crippen molar-refractivity contribution in [3.8, 4) is 0 Å². The van der Waals surface area contributed by atoms with E-state index in [0.717, 1.165) is 17.0 Å². The number of aromatic amines is 1. The first-order valence-electron chi connectivity index (χ1n) is 3.72. The molecule has 0 saturated carbocycles. The molecule has 0 bridgehead atoms. The highest BCUT2D eigenvalue weighted by Crippen LogP contribution is 2.26. The Balaban J connectivity index is 2.20. The van der Waals surface area contributed by atoms with Crippen LogP contribution < -0.4 is 0 Å². The standard InChI is InChI=1S/C7H4N6/c1-2-8-10-5(1)6-4-3-9-12-7(4)13-11-6/h1-3H,(H,8,10). The fourth-order valence-corrected chi connectivity index (χ4v) is 1.23. The van der Waals surface area contributed by atoms with Gasteiger partial charge in [-0.2, -0.15) is 10.2 Å². The average molecular weight is 172 g/mol. The summed E-state index contributed by atoms with van der Waals surface area (Å²) in [7, 11) is 0. The third kappa shape index (κ3) is 0.792. The Morgan fingerprint density at radius 1 is 1.23 bits per heavy atom. The van der Waals surface area contributed by atoms with Crippen molar-refractivity contribution in [3.63, 3.8) is 0 Å². The van der Waals surface area contributed by atoms with Crippen LogP contribution in [-0.2, 0) is 0 Å². The van der Waals surface area contributed by atoms with Gasteiger partial charge in [-0.25, -0.2) is 0 Å². The summed E-state index contributed by atoms with van der Waals surface area (Å²) >= 11 is 0. The third-order valence-electron chi connectivity index (χ3n) is 1.84. The van der Waals surface area contributed by atoms with Crippen LogP contribution in [0.1, 0.15) is 5.69 Å². The molecule has 6 nitrogen and oxygen atoms in total. The number of fused-ring (bicyclic) bond motifs is 1. The van der Waals surface area contributed by atoms with Crippen LogP contribution in [0.25, 0.3) is 5.70 Å². The van der Waals surface area contributed by atoms with E-state index in [-0.39, 0.29) is 0 Å². The number of azo groups is 1. The molecular weight excluding hydrogens is 168 g/mol. The van der Waals surface area contributed by atoms with Crippen LogP contribution in [0.2, 0.25) is 0 Å². The largest absolute Gasteiger partial charge is 0.276 e. The summed E-state index contributed by atoms with van der Waals surface area (Å²) in [6.07, 6.45) is 3.31. The summed E-state index contributed by atoms with van der Waals surface area (Å²) in [6, 6.07) is 1.83. The van der Waals surface area contributed by atoms with Crippen LogP contribution in [0.15, 0.2) is 38.3 Å². The van der Waals surface area contributed by atoms with Gasteiger partial charge in [0.15, 0.2) is 0 Å². The second-order valence-electron chi connectivity index (χ2n) is 2.60. The second-order valence-corrected chi connectivity index (χ2v) is 2.60. The quantitative estimate of drug-likeness (QED) is 0.673. The van der Waals surface area contributed by atoms with Crippen LogP contribution in [0.4, 0.5) is 0 Å². The SMILES string of the molecule is C1=NN=C2N=NC(c3ccn[nH]3)=C12. The topological polar surface area (TPSA) is 78.1 Å². The number of hydrogen-bond donors (Lipinski definition) is 1. The maximum absolute atomic E-state index is 3.97.